The Hall–Kier alpha value is -0.380. The van der Waals surface area contributed by atoms with Crippen molar-refractivity contribution in [2.45, 2.75) is 20.4 Å². The Labute approximate surface area is 101 Å². The minimum Gasteiger partial charge on any atom is -0.329 e. The summed E-state index contributed by atoms with van der Waals surface area (Å²) in [6, 6.07) is 6.50. The van der Waals surface area contributed by atoms with Crippen molar-refractivity contribution < 1.29 is 0 Å². The molecular weight excluding hydrogens is 252 g/mol. The van der Waals surface area contributed by atoms with Crippen molar-refractivity contribution in [3.05, 3.63) is 33.8 Å². The lowest BCUT2D eigenvalue weighted by atomic mass is 10.1. The molecule has 0 amide bonds. The summed E-state index contributed by atoms with van der Waals surface area (Å²) in [6.07, 6.45) is 0. The lowest BCUT2D eigenvalue weighted by molar-refractivity contribution is 0.288. The molecule has 84 valence electrons. The predicted molar refractivity (Wildman–Crippen MR) is 68.9 cm³/mol. The third kappa shape index (κ3) is 3.93. The number of aryl methyl sites for hydroxylation is 1. The third-order valence-electron chi connectivity index (χ3n) is 2.52. The summed E-state index contributed by atoms with van der Waals surface area (Å²) in [6.45, 7) is 8.01. The third-order valence-corrected chi connectivity index (χ3v) is 3.41. The summed E-state index contributed by atoms with van der Waals surface area (Å²) in [5, 5.41) is 0. The maximum atomic E-state index is 5.56. The lowest BCUT2D eigenvalue weighted by Gasteiger charge is -2.19. The molecule has 1 aromatic rings. The van der Waals surface area contributed by atoms with Gasteiger partial charge in [0.1, 0.15) is 0 Å². The van der Waals surface area contributed by atoms with E-state index in [9.17, 15) is 0 Å². The summed E-state index contributed by atoms with van der Waals surface area (Å²) in [5.74, 6) is 0. The van der Waals surface area contributed by atoms with Crippen LogP contribution >= 0.6 is 15.9 Å². The summed E-state index contributed by atoms with van der Waals surface area (Å²) >= 11 is 3.51. The standard InChI is InChI=1S/C12H19BrN2/c1-3-15(7-6-14)9-11-4-5-12(13)10(2)8-11/h4-5,8H,3,6-7,9,14H2,1-2H3. The Balaban J connectivity index is 2.66. The Morgan fingerprint density at radius 3 is 2.67 bits per heavy atom. The highest BCUT2D eigenvalue weighted by Gasteiger charge is 2.03. The molecule has 0 saturated heterocycles. The molecule has 0 aromatic heterocycles. The minimum atomic E-state index is 0.726. The summed E-state index contributed by atoms with van der Waals surface area (Å²) in [7, 11) is 0. The Kier molecular flexibility index (Phi) is 5.29. The fourth-order valence-electron chi connectivity index (χ4n) is 1.59. The number of hydrogen-bond donors (Lipinski definition) is 1. The molecule has 0 saturated carbocycles. The fraction of sp³-hybridized carbons (Fsp3) is 0.500. The highest BCUT2D eigenvalue weighted by atomic mass is 79.9. The van der Waals surface area contributed by atoms with E-state index in [0.29, 0.717) is 0 Å². The van der Waals surface area contributed by atoms with Gasteiger partial charge in [-0.05, 0) is 30.7 Å². The number of nitrogens with two attached hydrogens (primary N) is 1. The maximum absolute atomic E-state index is 5.56. The first-order valence-electron chi connectivity index (χ1n) is 5.34. The van der Waals surface area contributed by atoms with E-state index in [2.05, 4.69) is 52.9 Å². The van der Waals surface area contributed by atoms with Crippen LogP contribution in [0, 0.1) is 6.92 Å². The van der Waals surface area contributed by atoms with Crippen LogP contribution in [0.4, 0.5) is 0 Å². The molecule has 0 bridgehead atoms. The zero-order valence-electron chi connectivity index (χ0n) is 9.46. The summed E-state index contributed by atoms with van der Waals surface area (Å²) in [5.41, 5.74) is 8.20. The quantitative estimate of drug-likeness (QED) is 0.891. The monoisotopic (exact) mass is 270 g/mol. The molecule has 15 heavy (non-hydrogen) atoms. The van der Waals surface area contributed by atoms with Gasteiger partial charge in [-0.2, -0.15) is 0 Å². The molecule has 0 spiro atoms. The van der Waals surface area contributed by atoms with Crippen LogP contribution in [0.5, 0.6) is 0 Å². The Morgan fingerprint density at radius 1 is 1.40 bits per heavy atom. The van der Waals surface area contributed by atoms with Gasteiger partial charge >= 0.3 is 0 Å². The largest absolute Gasteiger partial charge is 0.329 e. The van der Waals surface area contributed by atoms with Crippen LogP contribution in [-0.2, 0) is 6.54 Å². The molecule has 1 aromatic carbocycles. The van der Waals surface area contributed by atoms with Crippen molar-refractivity contribution in [1.82, 2.24) is 4.90 Å². The van der Waals surface area contributed by atoms with E-state index in [1.165, 1.54) is 15.6 Å². The van der Waals surface area contributed by atoms with E-state index in [-0.39, 0.29) is 0 Å². The van der Waals surface area contributed by atoms with Crippen LogP contribution in [0.1, 0.15) is 18.1 Å². The molecular formula is C12H19BrN2. The average molecular weight is 271 g/mol. The molecule has 0 aliphatic rings. The second kappa shape index (κ2) is 6.26. The van der Waals surface area contributed by atoms with Crippen LogP contribution in [0.25, 0.3) is 0 Å². The molecule has 2 N–H and O–H groups in total. The molecule has 0 aliphatic heterocycles. The molecule has 0 fully saturated rings. The van der Waals surface area contributed by atoms with Crippen LogP contribution < -0.4 is 5.73 Å². The van der Waals surface area contributed by atoms with Gasteiger partial charge in [-0.3, -0.25) is 4.90 Å². The first kappa shape index (κ1) is 12.7. The Morgan fingerprint density at radius 2 is 2.13 bits per heavy atom. The van der Waals surface area contributed by atoms with Gasteiger partial charge in [-0.25, -0.2) is 0 Å². The molecule has 0 aliphatic carbocycles. The molecule has 2 nitrogen and oxygen atoms in total. The van der Waals surface area contributed by atoms with Gasteiger partial charge in [0.15, 0.2) is 0 Å². The molecule has 0 radical (unpaired) electrons. The van der Waals surface area contributed by atoms with Crippen molar-refractivity contribution in [2.24, 2.45) is 5.73 Å². The van der Waals surface area contributed by atoms with Gasteiger partial charge in [0, 0.05) is 24.1 Å². The van der Waals surface area contributed by atoms with Crippen molar-refractivity contribution in [3.63, 3.8) is 0 Å². The predicted octanol–water partition coefficient (Wildman–Crippen LogP) is 2.54. The number of nitrogens with zero attached hydrogens (tertiary/aromatic N) is 1. The van der Waals surface area contributed by atoms with Gasteiger partial charge < -0.3 is 5.73 Å². The highest BCUT2D eigenvalue weighted by molar-refractivity contribution is 9.10. The number of likely N-dealkylation sites (N-methyl/N-ethyl adjacent to an activating group) is 1. The van der Waals surface area contributed by atoms with Crippen molar-refractivity contribution >= 4 is 15.9 Å². The molecule has 0 unspecified atom stereocenters. The van der Waals surface area contributed by atoms with Gasteiger partial charge in [-0.15, -0.1) is 0 Å². The topological polar surface area (TPSA) is 29.3 Å². The SMILES string of the molecule is CCN(CCN)Cc1ccc(Br)c(C)c1. The van der Waals surface area contributed by atoms with E-state index in [4.69, 9.17) is 5.73 Å². The molecule has 0 atom stereocenters. The average Bonchev–Trinajstić information content (AvgIpc) is 2.23. The van der Waals surface area contributed by atoms with Crippen molar-refractivity contribution in [3.8, 4) is 0 Å². The van der Waals surface area contributed by atoms with Crippen molar-refractivity contribution in [1.29, 1.82) is 0 Å². The van der Waals surface area contributed by atoms with Gasteiger partial charge in [-0.1, -0.05) is 35.0 Å². The van der Waals surface area contributed by atoms with E-state index in [1.54, 1.807) is 0 Å². The maximum Gasteiger partial charge on any atom is 0.0234 e. The van der Waals surface area contributed by atoms with Gasteiger partial charge in [0.2, 0.25) is 0 Å². The van der Waals surface area contributed by atoms with Crippen LogP contribution in [0.2, 0.25) is 0 Å². The zero-order chi connectivity index (χ0) is 11.3. The molecule has 0 heterocycles. The van der Waals surface area contributed by atoms with Crippen molar-refractivity contribution in [2.75, 3.05) is 19.6 Å². The number of halogens is 1. The highest BCUT2D eigenvalue weighted by Crippen LogP contribution is 2.17. The van der Waals surface area contributed by atoms with E-state index < -0.39 is 0 Å². The van der Waals surface area contributed by atoms with E-state index in [1.807, 2.05) is 0 Å². The molecule has 1 rings (SSSR count). The minimum absolute atomic E-state index is 0.726. The van der Waals surface area contributed by atoms with Crippen LogP contribution in [0.3, 0.4) is 0 Å². The van der Waals surface area contributed by atoms with Crippen LogP contribution in [0.15, 0.2) is 22.7 Å². The van der Waals surface area contributed by atoms with Crippen LogP contribution in [-0.4, -0.2) is 24.5 Å². The van der Waals surface area contributed by atoms with E-state index in [0.717, 1.165) is 26.2 Å². The normalized spacial score (nSPS) is 11.0. The number of rotatable bonds is 5. The first-order valence-corrected chi connectivity index (χ1v) is 6.14. The second-order valence-electron chi connectivity index (χ2n) is 3.74. The summed E-state index contributed by atoms with van der Waals surface area (Å²) in [4.78, 5) is 2.35. The summed E-state index contributed by atoms with van der Waals surface area (Å²) < 4.78 is 1.17. The number of benzene rings is 1. The Bertz CT molecular complexity index is 312. The fourth-order valence-corrected chi connectivity index (χ4v) is 1.84. The zero-order valence-corrected chi connectivity index (χ0v) is 11.0. The molecule has 3 heteroatoms. The van der Waals surface area contributed by atoms with E-state index >= 15 is 0 Å². The van der Waals surface area contributed by atoms with Gasteiger partial charge in [0.05, 0.1) is 0 Å². The number of hydrogen-bond acceptors (Lipinski definition) is 2. The second-order valence-corrected chi connectivity index (χ2v) is 4.60. The first-order chi connectivity index (χ1) is 7.17. The lowest BCUT2D eigenvalue weighted by Crippen LogP contribution is -2.28. The van der Waals surface area contributed by atoms with Gasteiger partial charge in [0.25, 0.3) is 0 Å². The smallest absolute Gasteiger partial charge is 0.0234 e.